The monoisotopic (exact) mass is 274 g/mol. The molecule has 3 heterocycles. The molecule has 0 saturated carbocycles. The van der Waals surface area contributed by atoms with Crippen molar-refractivity contribution < 1.29 is 9.90 Å². The van der Waals surface area contributed by atoms with Crippen LogP contribution in [0.4, 0.5) is 10.5 Å². The Morgan fingerprint density at radius 3 is 3.15 bits per heavy atom. The van der Waals surface area contributed by atoms with E-state index in [2.05, 4.69) is 14.9 Å². The average Bonchev–Trinajstić information content (AvgIpc) is 2.90. The summed E-state index contributed by atoms with van der Waals surface area (Å²) in [6, 6.07) is 3.94. The second-order valence-electron chi connectivity index (χ2n) is 5.06. The summed E-state index contributed by atoms with van der Waals surface area (Å²) < 4.78 is 0. The Bertz CT molecular complexity index is 624. The first-order valence-electron chi connectivity index (χ1n) is 6.87. The van der Waals surface area contributed by atoms with Gasteiger partial charge in [-0.2, -0.15) is 0 Å². The van der Waals surface area contributed by atoms with Crippen LogP contribution in [0.1, 0.15) is 13.3 Å². The predicted octanol–water partition coefficient (Wildman–Crippen LogP) is 2.14. The molecule has 1 aliphatic rings. The molecule has 1 amide bonds. The highest BCUT2D eigenvalue weighted by atomic mass is 16.4. The van der Waals surface area contributed by atoms with Crippen molar-refractivity contribution in [2.45, 2.75) is 19.4 Å². The first kappa shape index (κ1) is 12.8. The number of H-pyrrole nitrogens is 1. The van der Waals surface area contributed by atoms with Gasteiger partial charge in [-0.05, 0) is 18.6 Å². The van der Waals surface area contributed by atoms with E-state index in [1.807, 2.05) is 25.3 Å². The number of carbonyl (C=O) groups is 1. The maximum atomic E-state index is 11.2. The van der Waals surface area contributed by atoms with E-state index in [-0.39, 0.29) is 6.04 Å². The number of aromatic nitrogens is 2. The van der Waals surface area contributed by atoms with Crippen molar-refractivity contribution in [2.75, 3.05) is 24.5 Å². The normalized spacial score (nSPS) is 19.6. The van der Waals surface area contributed by atoms with Crippen molar-refractivity contribution in [1.82, 2.24) is 14.9 Å². The summed E-state index contributed by atoms with van der Waals surface area (Å²) >= 11 is 0. The van der Waals surface area contributed by atoms with Crippen LogP contribution in [0.5, 0.6) is 0 Å². The molecular weight excluding hydrogens is 256 g/mol. The van der Waals surface area contributed by atoms with Crippen LogP contribution < -0.4 is 4.90 Å². The number of aromatic amines is 1. The third kappa shape index (κ3) is 2.07. The maximum absolute atomic E-state index is 11.2. The number of hydrogen-bond donors (Lipinski definition) is 2. The Morgan fingerprint density at radius 1 is 1.55 bits per heavy atom. The zero-order valence-corrected chi connectivity index (χ0v) is 11.4. The lowest BCUT2D eigenvalue weighted by Crippen LogP contribution is -2.54. The molecule has 3 rings (SSSR count). The van der Waals surface area contributed by atoms with Crippen LogP contribution in [0.2, 0.25) is 0 Å². The lowest BCUT2D eigenvalue weighted by atomic mass is 10.1. The Morgan fingerprint density at radius 2 is 2.40 bits per heavy atom. The molecule has 2 aromatic rings. The van der Waals surface area contributed by atoms with Gasteiger partial charge in [-0.15, -0.1) is 0 Å². The molecule has 106 valence electrons. The topological polar surface area (TPSA) is 72.5 Å². The van der Waals surface area contributed by atoms with Gasteiger partial charge in [0.2, 0.25) is 0 Å². The number of piperazine rings is 1. The van der Waals surface area contributed by atoms with Gasteiger partial charge in [0.05, 0.1) is 17.2 Å². The minimum absolute atomic E-state index is 0.0370. The molecule has 0 radical (unpaired) electrons. The van der Waals surface area contributed by atoms with Crippen LogP contribution in [-0.4, -0.2) is 51.7 Å². The van der Waals surface area contributed by atoms with Gasteiger partial charge in [0.25, 0.3) is 0 Å². The van der Waals surface area contributed by atoms with Gasteiger partial charge in [0.15, 0.2) is 0 Å². The zero-order valence-electron chi connectivity index (χ0n) is 11.4. The van der Waals surface area contributed by atoms with Gasteiger partial charge >= 0.3 is 6.09 Å². The minimum Gasteiger partial charge on any atom is -0.465 e. The van der Waals surface area contributed by atoms with Crippen molar-refractivity contribution in [1.29, 1.82) is 0 Å². The van der Waals surface area contributed by atoms with E-state index in [4.69, 9.17) is 0 Å². The molecule has 1 saturated heterocycles. The van der Waals surface area contributed by atoms with Crippen LogP contribution in [0, 0.1) is 0 Å². The maximum Gasteiger partial charge on any atom is 0.407 e. The van der Waals surface area contributed by atoms with Gasteiger partial charge in [0, 0.05) is 32.0 Å². The summed E-state index contributed by atoms with van der Waals surface area (Å²) in [6.07, 6.45) is 3.73. The van der Waals surface area contributed by atoms with Crippen LogP contribution in [0.3, 0.4) is 0 Å². The number of rotatable bonds is 2. The van der Waals surface area contributed by atoms with Gasteiger partial charge in [-0.3, -0.25) is 4.98 Å². The summed E-state index contributed by atoms with van der Waals surface area (Å²) in [5.41, 5.74) is 3.02. The number of fused-ring (bicyclic) bond motifs is 1. The van der Waals surface area contributed by atoms with Crippen molar-refractivity contribution in [2.24, 2.45) is 0 Å². The number of amides is 1. The molecule has 0 aromatic carbocycles. The van der Waals surface area contributed by atoms with E-state index in [9.17, 15) is 9.90 Å². The Balaban J connectivity index is 1.87. The van der Waals surface area contributed by atoms with E-state index < -0.39 is 6.09 Å². The molecule has 0 spiro atoms. The molecule has 0 unspecified atom stereocenters. The van der Waals surface area contributed by atoms with Crippen LogP contribution in [0.25, 0.3) is 11.0 Å². The highest BCUT2D eigenvalue weighted by Crippen LogP contribution is 2.27. The zero-order chi connectivity index (χ0) is 14.1. The van der Waals surface area contributed by atoms with Crippen LogP contribution in [0.15, 0.2) is 24.5 Å². The summed E-state index contributed by atoms with van der Waals surface area (Å²) in [7, 11) is 0. The molecule has 20 heavy (non-hydrogen) atoms. The van der Waals surface area contributed by atoms with Crippen molar-refractivity contribution in [3.8, 4) is 0 Å². The highest BCUT2D eigenvalue weighted by molar-refractivity contribution is 5.89. The number of hydrogen-bond acceptors (Lipinski definition) is 3. The second kappa shape index (κ2) is 5.03. The Hall–Kier alpha value is -2.24. The predicted molar refractivity (Wildman–Crippen MR) is 77.1 cm³/mol. The summed E-state index contributed by atoms with van der Waals surface area (Å²) in [4.78, 5) is 22.6. The average molecular weight is 274 g/mol. The molecule has 2 aromatic heterocycles. The fourth-order valence-corrected chi connectivity index (χ4v) is 2.86. The van der Waals surface area contributed by atoms with E-state index >= 15 is 0 Å². The third-order valence-electron chi connectivity index (χ3n) is 3.96. The molecule has 0 aliphatic carbocycles. The molecule has 2 N–H and O–H groups in total. The SMILES string of the molecule is CC[C@@H]1CN(c2c[nH]c3cccnc23)CCN1C(=O)O. The van der Waals surface area contributed by atoms with Crippen LogP contribution in [-0.2, 0) is 0 Å². The van der Waals surface area contributed by atoms with E-state index in [1.54, 1.807) is 11.1 Å². The van der Waals surface area contributed by atoms with E-state index in [0.717, 1.165) is 23.1 Å². The fraction of sp³-hybridized carbons (Fsp3) is 0.429. The summed E-state index contributed by atoms with van der Waals surface area (Å²) in [5, 5.41) is 9.22. The van der Waals surface area contributed by atoms with Gasteiger partial charge in [0.1, 0.15) is 5.52 Å². The molecular formula is C14H18N4O2. The first-order valence-corrected chi connectivity index (χ1v) is 6.87. The Kier molecular flexibility index (Phi) is 3.22. The highest BCUT2D eigenvalue weighted by Gasteiger charge is 2.30. The number of pyridine rings is 1. The van der Waals surface area contributed by atoms with Gasteiger partial charge < -0.3 is 19.9 Å². The number of nitrogens with one attached hydrogen (secondary N) is 1. The first-order chi connectivity index (χ1) is 9.70. The largest absolute Gasteiger partial charge is 0.465 e. The Labute approximate surface area is 117 Å². The molecule has 6 nitrogen and oxygen atoms in total. The molecule has 1 aliphatic heterocycles. The lowest BCUT2D eigenvalue weighted by molar-refractivity contribution is 0.116. The number of carboxylic acid groups (broad SMARTS) is 1. The lowest BCUT2D eigenvalue weighted by Gasteiger charge is -2.40. The van der Waals surface area contributed by atoms with Crippen molar-refractivity contribution >= 4 is 22.8 Å². The van der Waals surface area contributed by atoms with Gasteiger partial charge in [-0.25, -0.2) is 4.79 Å². The van der Waals surface area contributed by atoms with Crippen LogP contribution >= 0.6 is 0 Å². The molecule has 0 bridgehead atoms. The third-order valence-corrected chi connectivity index (χ3v) is 3.96. The molecule has 1 fully saturated rings. The standard InChI is InChI=1S/C14H18N4O2/c1-2-10-9-17(6-7-18(10)14(19)20)12-8-16-11-4-3-5-15-13(11)12/h3-5,8,10,16H,2,6-7,9H2,1H3,(H,19,20)/t10-/m1/s1. The quantitative estimate of drug-likeness (QED) is 0.880. The molecule has 1 atom stereocenters. The van der Waals surface area contributed by atoms with Gasteiger partial charge in [-0.1, -0.05) is 6.92 Å². The molecule has 6 heteroatoms. The van der Waals surface area contributed by atoms with Crippen molar-refractivity contribution in [3.63, 3.8) is 0 Å². The fourth-order valence-electron chi connectivity index (χ4n) is 2.86. The van der Waals surface area contributed by atoms with Crippen molar-refractivity contribution in [3.05, 3.63) is 24.5 Å². The smallest absolute Gasteiger partial charge is 0.407 e. The number of nitrogens with zero attached hydrogens (tertiary/aromatic N) is 3. The van der Waals surface area contributed by atoms with E-state index in [1.165, 1.54) is 0 Å². The summed E-state index contributed by atoms with van der Waals surface area (Å²) in [6.45, 7) is 3.98. The number of anilines is 1. The second-order valence-corrected chi connectivity index (χ2v) is 5.06. The summed E-state index contributed by atoms with van der Waals surface area (Å²) in [5.74, 6) is 0. The minimum atomic E-state index is -0.825. The van der Waals surface area contributed by atoms with E-state index in [0.29, 0.717) is 19.6 Å².